The molecule has 0 radical (unpaired) electrons. The molecule has 17 heavy (non-hydrogen) atoms. The molecule has 1 saturated carbocycles. The normalized spacial score (nSPS) is 18.0. The second-order valence-electron chi connectivity index (χ2n) is 4.58. The molecule has 0 spiro atoms. The van der Waals surface area contributed by atoms with Gasteiger partial charge in [-0.2, -0.15) is 0 Å². The fourth-order valence-corrected chi connectivity index (χ4v) is 2.28. The van der Waals surface area contributed by atoms with Crippen LogP contribution in [0.5, 0.6) is 0 Å². The predicted octanol–water partition coefficient (Wildman–Crippen LogP) is 1.89. The number of hydrogen-bond acceptors (Lipinski definition) is 3. The molecule has 1 heterocycles. The molecule has 3 rings (SSSR count). The fourth-order valence-electron chi connectivity index (χ4n) is 2.28. The van der Waals surface area contributed by atoms with Crippen LogP contribution in [0.4, 0.5) is 11.4 Å². The van der Waals surface area contributed by atoms with Gasteiger partial charge in [-0.25, -0.2) is 0 Å². The summed E-state index contributed by atoms with van der Waals surface area (Å²) >= 11 is 0. The summed E-state index contributed by atoms with van der Waals surface area (Å²) < 4.78 is 0. The van der Waals surface area contributed by atoms with Crippen molar-refractivity contribution >= 4 is 17.3 Å². The van der Waals surface area contributed by atoms with E-state index in [1.54, 1.807) is 17.0 Å². The Kier molecular flexibility index (Phi) is 2.14. The van der Waals surface area contributed by atoms with Crippen LogP contribution in [0.3, 0.4) is 0 Å². The summed E-state index contributed by atoms with van der Waals surface area (Å²) in [6.07, 6.45) is 2.69. The lowest BCUT2D eigenvalue weighted by Gasteiger charge is -2.16. The van der Waals surface area contributed by atoms with E-state index in [9.17, 15) is 14.9 Å². The number of nitro benzene ring substituents is 1. The van der Waals surface area contributed by atoms with Gasteiger partial charge in [-0.3, -0.25) is 14.9 Å². The Labute approximate surface area is 98.2 Å². The van der Waals surface area contributed by atoms with E-state index in [0.717, 1.165) is 30.5 Å². The van der Waals surface area contributed by atoms with Gasteiger partial charge in [0.2, 0.25) is 5.91 Å². The van der Waals surface area contributed by atoms with Gasteiger partial charge in [-0.05, 0) is 30.9 Å². The van der Waals surface area contributed by atoms with Gasteiger partial charge in [0.05, 0.1) is 4.92 Å². The van der Waals surface area contributed by atoms with Gasteiger partial charge in [0.1, 0.15) is 0 Å². The van der Waals surface area contributed by atoms with Crippen molar-refractivity contribution in [3.8, 4) is 0 Å². The van der Waals surface area contributed by atoms with E-state index in [0.29, 0.717) is 6.54 Å². The average Bonchev–Trinajstić information content (AvgIpc) is 3.07. The van der Waals surface area contributed by atoms with Crippen LogP contribution in [0.2, 0.25) is 0 Å². The Morgan fingerprint density at radius 3 is 2.82 bits per heavy atom. The van der Waals surface area contributed by atoms with E-state index in [1.807, 2.05) is 0 Å². The molecule has 1 aromatic rings. The number of carbonyl (C=O) groups excluding carboxylic acids is 1. The van der Waals surface area contributed by atoms with Crippen molar-refractivity contribution in [3.63, 3.8) is 0 Å². The van der Waals surface area contributed by atoms with E-state index in [2.05, 4.69) is 0 Å². The smallest absolute Gasteiger partial charge is 0.269 e. The first kappa shape index (κ1) is 10.3. The Morgan fingerprint density at radius 1 is 1.41 bits per heavy atom. The Morgan fingerprint density at radius 2 is 2.18 bits per heavy atom. The van der Waals surface area contributed by atoms with E-state index in [4.69, 9.17) is 0 Å². The van der Waals surface area contributed by atoms with Gasteiger partial charge >= 0.3 is 0 Å². The second-order valence-corrected chi connectivity index (χ2v) is 4.58. The summed E-state index contributed by atoms with van der Waals surface area (Å²) in [7, 11) is 0. The Balaban J connectivity index is 1.92. The van der Waals surface area contributed by atoms with Crippen LogP contribution in [0.15, 0.2) is 18.2 Å². The van der Waals surface area contributed by atoms with Gasteiger partial charge in [0, 0.05) is 30.3 Å². The summed E-state index contributed by atoms with van der Waals surface area (Å²) in [6.45, 7) is 0.659. The number of carbonyl (C=O) groups is 1. The van der Waals surface area contributed by atoms with E-state index in [1.165, 1.54) is 6.07 Å². The maximum Gasteiger partial charge on any atom is 0.269 e. The van der Waals surface area contributed by atoms with Crippen molar-refractivity contribution < 1.29 is 9.72 Å². The highest BCUT2D eigenvalue weighted by molar-refractivity contribution is 5.98. The highest BCUT2D eigenvalue weighted by atomic mass is 16.6. The number of hydrogen-bond donors (Lipinski definition) is 0. The van der Waals surface area contributed by atoms with Crippen LogP contribution in [0, 0.1) is 16.0 Å². The molecule has 5 heteroatoms. The van der Waals surface area contributed by atoms with Crippen LogP contribution in [0.25, 0.3) is 0 Å². The Hall–Kier alpha value is -1.91. The number of nitrogens with zero attached hydrogens (tertiary/aromatic N) is 2. The molecule has 0 unspecified atom stereocenters. The highest BCUT2D eigenvalue weighted by Crippen LogP contribution is 2.37. The molecule has 0 N–H and O–H groups in total. The fraction of sp³-hybridized carbons (Fsp3) is 0.417. The quantitative estimate of drug-likeness (QED) is 0.577. The molecular formula is C12H12N2O3. The zero-order chi connectivity index (χ0) is 12.0. The zero-order valence-corrected chi connectivity index (χ0v) is 9.26. The van der Waals surface area contributed by atoms with E-state index < -0.39 is 4.92 Å². The standard InChI is InChI=1S/C12H12N2O3/c15-12(8-1-2-8)13-6-5-9-7-10(14(16)17)3-4-11(9)13/h3-4,7-8H,1-2,5-6H2. The topological polar surface area (TPSA) is 63.5 Å². The number of benzene rings is 1. The highest BCUT2D eigenvalue weighted by Gasteiger charge is 2.36. The molecule has 0 atom stereocenters. The number of non-ortho nitro benzene ring substituents is 1. The summed E-state index contributed by atoms with van der Waals surface area (Å²) in [5.41, 5.74) is 1.87. The maximum absolute atomic E-state index is 12.0. The molecule has 0 bridgehead atoms. The van der Waals surface area contributed by atoms with Crippen LogP contribution in [-0.4, -0.2) is 17.4 Å². The number of fused-ring (bicyclic) bond motifs is 1. The lowest BCUT2D eigenvalue weighted by atomic mass is 10.1. The first-order valence-corrected chi connectivity index (χ1v) is 5.75. The molecule has 0 aromatic heterocycles. The van der Waals surface area contributed by atoms with E-state index >= 15 is 0 Å². The molecule has 1 fully saturated rings. The summed E-state index contributed by atoms with van der Waals surface area (Å²) in [4.78, 5) is 24.0. The van der Waals surface area contributed by atoms with E-state index in [-0.39, 0.29) is 17.5 Å². The monoisotopic (exact) mass is 232 g/mol. The molecule has 0 saturated heterocycles. The molecular weight excluding hydrogens is 220 g/mol. The van der Waals surface area contributed by atoms with Crippen LogP contribution < -0.4 is 4.90 Å². The molecule has 2 aliphatic rings. The molecule has 1 aromatic carbocycles. The summed E-state index contributed by atoms with van der Waals surface area (Å²) in [6, 6.07) is 4.74. The third-order valence-electron chi connectivity index (χ3n) is 3.36. The lowest BCUT2D eigenvalue weighted by Crippen LogP contribution is -2.30. The predicted molar refractivity (Wildman–Crippen MR) is 61.9 cm³/mol. The van der Waals surface area contributed by atoms with Crippen molar-refractivity contribution in [2.24, 2.45) is 5.92 Å². The summed E-state index contributed by atoms with van der Waals surface area (Å²) in [5.74, 6) is 0.369. The average molecular weight is 232 g/mol. The van der Waals surface area contributed by atoms with Crippen LogP contribution in [0.1, 0.15) is 18.4 Å². The van der Waals surface area contributed by atoms with Gasteiger partial charge in [-0.1, -0.05) is 0 Å². The number of nitro groups is 1. The van der Waals surface area contributed by atoms with Gasteiger partial charge < -0.3 is 4.90 Å². The van der Waals surface area contributed by atoms with Crippen LogP contribution in [-0.2, 0) is 11.2 Å². The minimum atomic E-state index is -0.397. The SMILES string of the molecule is O=C(C1CC1)N1CCc2cc([N+](=O)[O-])ccc21. The van der Waals surface area contributed by atoms with Crippen molar-refractivity contribution in [1.29, 1.82) is 0 Å². The molecule has 88 valence electrons. The third kappa shape index (κ3) is 1.67. The molecule has 1 aliphatic heterocycles. The number of amides is 1. The van der Waals surface area contributed by atoms with Crippen molar-refractivity contribution in [2.45, 2.75) is 19.3 Å². The van der Waals surface area contributed by atoms with Crippen molar-refractivity contribution in [3.05, 3.63) is 33.9 Å². The van der Waals surface area contributed by atoms with Gasteiger partial charge in [0.15, 0.2) is 0 Å². The lowest BCUT2D eigenvalue weighted by molar-refractivity contribution is -0.384. The Bertz CT molecular complexity index is 508. The van der Waals surface area contributed by atoms with Gasteiger partial charge in [-0.15, -0.1) is 0 Å². The molecule has 1 amide bonds. The number of rotatable bonds is 2. The molecule has 5 nitrogen and oxygen atoms in total. The van der Waals surface area contributed by atoms with Gasteiger partial charge in [0.25, 0.3) is 5.69 Å². The largest absolute Gasteiger partial charge is 0.312 e. The first-order valence-electron chi connectivity index (χ1n) is 5.75. The number of anilines is 1. The van der Waals surface area contributed by atoms with Crippen molar-refractivity contribution in [2.75, 3.05) is 11.4 Å². The second kappa shape index (κ2) is 3.55. The third-order valence-corrected chi connectivity index (χ3v) is 3.36. The molecule has 1 aliphatic carbocycles. The van der Waals surface area contributed by atoms with Crippen LogP contribution >= 0.6 is 0 Å². The summed E-state index contributed by atoms with van der Waals surface area (Å²) in [5, 5.41) is 10.7. The first-order chi connectivity index (χ1) is 8.16. The maximum atomic E-state index is 12.0. The van der Waals surface area contributed by atoms with Crippen molar-refractivity contribution in [1.82, 2.24) is 0 Å². The zero-order valence-electron chi connectivity index (χ0n) is 9.26. The minimum Gasteiger partial charge on any atom is -0.312 e. The minimum absolute atomic E-state index is 0.101.